The van der Waals surface area contributed by atoms with Crippen molar-refractivity contribution in [2.45, 2.75) is 40.7 Å². The van der Waals surface area contributed by atoms with E-state index in [1.165, 1.54) is 4.90 Å². The van der Waals surface area contributed by atoms with E-state index >= 15 is 0 Å². The van der Waals surface area contributed by atoms with Crippen LogP contribution in [0.1, 0.15) is 44.8 Å². The lowest BCUT2D eigenvalue weighted by molar-refractivity contribution is -0.118. The van der Waals surface area contributed by atoms with Gasteiger partial charge in [-0.2, -0.15) is 0 Å². The van der Waals surface area contributed by atoms with Crippen molar-refractivity contribution in [1.82, 2.24) is 14.9 Å². The zero-order chi connectivity index (χ0) is 20.2. The van der Waals surface area contributed by atoms with Crippen molar-refractivity contribution >= 4 is 34.0 Å². The van der Waals surface area contributed by atoms with Gasteiger partial charge in [0.1, 0.15) is 23.2 Å². The van der Waals surface area contributed by atoms with Crippen LogP contribution < -0.4 is 9.80 Å². The van der Waals surface area contributed by atoms with Gasteiger partial charge in [-0.25, -0.2) is 9.97 Å². The number of carbonyl (C=O) groups excluding carboxylic acids is 2. The van der Waals surface area contributed by atoms with Crippen LogP contribution in [0.15, 0.2) is 0 Å². The maximum atomic E-state index is 13.0. The number of thiophene rings is 1. The molecule has 2 aliphatic heterocycles. The summed E-state index contributed by atoms with van der Waals surface area (Å²) in [6.45, 7) is 10.1. The standard InChI is InChI=1S/C20H25N5O2S/c1-6-25-16(26)10-23(5)19(27)17-14-7-8-24(9-15(14)28-20(17)25)18-11(2)12(3)21-13(4)22-18/h6-10H2,1-5H3. The molecule has 8 heteroatoms. The number of anilines is 2. The first-order chi connectivity index (χ1) is 13.3. The number of hydrogen-bond donors (Lipinski definition) is 0. The van der Waals surface area contributed by atoms with Gasteiger partial charge in [-0.3, -0.25) is 9.59 Å². The molecule has 7 nitrogen and oxygen atoms in total. The first-order valence-corrected chi connectivity index (χ1v) is 10.4. The van der Waals surface area contributed by atoms with Crippen LogP contribution in [0.2, 0.25) is 0 Å². The van der Waals surface area contributed by atoms with E-state index in [9.17, 15) is 9.59 Å². The molecule has 0 atom stereocenters. The van der Waals surface area contributed by atoms with Crippen molar-refractivity contribution in [2.75, 3.05) is 36.5 Å². The highest BCUT2D eigenvalue weighted by atomic mass is 32.1. The highest BCUT2D eigenvalue weighted by Gasteiger charge is 2.36. The summed E-state index contributed by atoms with van der Waals surface area (Å²) in [5, 5.41) is 0.806. The molecule has 4 rings (SSSR count). The van der Waals surface area contributed by atoms with Gasteiger partial charge in [0.15, 0.2) is 0 Å². The van der Waals surface area contributed by atoms with E-state index < -0.39 is 0 Å². The third-order valence-corrected chi connectivity index (χ3v) is 6.85. The lowest BCUT2D eigenvalue weighted by Gasteiger charge is -2.30. The van der Waals surface area contributed by atoms with Crippen molar-refractivity contribution in [3.63, 3.8) is 0 Å². The van der Waals surface area contributed by atoms with Gasteiger partial charge in [0.2, 0.25) is 5.91 Å². The summed E-state index contributed by atoms with van der Waals surface area (Å²) in [4.78, 5) is 41.4. The molecule has 0 radical (unpaired) electrons. The van der Waals surface area contributed by atoms with Gasteiger partial charge in [0.25, 0.3) is 5.91 Å². The van der Waals surface area contributed by atoms with Gasteiger partial charge in [0.05, 0.1) is 12.1 Å². The van der Waals surface area contributed by atoms with Crippen molar-refractivity contribution in [2.24, 2.45) is 0 Å². The third-order valence-electron chi connectivity index (χ3n) is 5.61. The van der Waals surface area contributed by atoms with Crippen molar-refractivity contribution in [1.29, 1.82) is 0 Å². The van der Waals surface area contributed by atoms with E-state index in [1.807, 2.05) is 20.8 Å². The molecule has 0 spiro atoms. The summed E-state index contributed by atoms with van der Waals surface area (Å²) in [7, 11) is 1.71. The molecule has 0 fully saturated rings. The lowest BCUT2D eigenvalue weighted by atomic mass is 10.0. The first-order valence-electron chi connectivity index (χ1n) is 9.59. The number of carbonyl (C=O) groups is 2. The Balaban J connectivity index is 1.77. The third kappa shape index (κ3) is 2.87. The number of aryl methyl sites for hydroxylation is 2. The van der Waals surface area contributed by atoms with Crippen LogP contribution in [-0.2, 0) is 17.8 Å². The number of aromatic nitrogens is 2. The maximum absolute atomic E-state index is 13.0. The smallest absolute Gasteiger partial charge is 0.257 e. The Morgan fingerprint density at radius 3 is 2.57 bits per heavy atom. The minimum atomic E-state index is -0.0462. The van der Waals surface area contributed by atoms with Crippen LogP contribution in [0.25, 0.3) is 0 Å². The van der Waals surface area contributed by atoms with E-state index in [0.29, 0.717) is 13.1 Å². The molecular weight excluding hydrogens is 374 g/mol. The minimum Gasteiger partial charge on any atom is -0.351 e. The SMILES string of the molecule is CCN1C(=O)CN(C)C(=O)c2c1sc1c2CCN(c2nc(C)nc(C)c2C)C1. The monoisotopic (exact) mass is 399 g/mol. The maximum Gasteiger partial charge on any atom is 0.257 e. The van der Waals surface area contributed by atoms with Crippen LogP contribution in [0.3, 0.4) is 0 Å². The van der Waals surface area contributed by atoms with Crippen molar-refractivity contribution < 1.29 is 9.59 Å². The van der Waals surface area contributed by atoms with Gasteiger partial charge in [-0.1, -0.05) is 0 Å². The Kier molecular flexibility index (Phi) is 4.61. The Bertz CT molecular complexity index is 983. The second-order valence-electron chi connectivity index (χ2n) is 7.46. The van der Waals surface area contributed by atoms with Gasteiger partial charge in [0, 0.05) is 36.3 Å². The molecule has 0 saturated heterocycles. The molecule has 4 heterocycles. The fourth-order valence-corrected chi connectivity index (χ4v) is 5.46. The van der Waals surface area contributed by atoms with Gasteiger partial charge < -0.3 is 14.7 Å². The minimum absolute atomic E-state index is 0.0227. The number of nitrogens with zero attached hydrogens (tertiary/aromatic N) is 5. The fraction of sp³-hybridized carbons (Fsp3) is 0.500. The Morgan fingerprint density at radius 2 is 1.86 bits per heavy atom. The molecule has 2 amide bonds. The van der Waals surface area contributed by atoms with E-state index in [0.717, 1.165) is 56.9 Å². The van der Waals surface area contributed by atoms with Crippen LogP contribution in [0.5, 0.6) is 0 Å². The van der Waals surface area contributed by atoms with Crippen LogP contribution in [0, 0.1) is 20.8 Å². The van der Waals surface area contributed by atoms with Crippen LogP contribution >= 0.6 is 11.3 Å². The Hall–Kier alpha value is -2.48. The van der Waals surface area contributed by atoms with Crippen molar-refractivity contribution in [3.8, 4) is 0 Å². The average Bonchev–Trinajstić information content (AvgIpc) is 2.98. The summed E-state index contributed by atoms with van der Waals surface area (Å²) >= 11 is 1.58. The predicted octanol–water partition coefficient (Wildman–Crippen LogP) is 2.46. The van der Waals surface area contributed by atoms with Crippen molar-refractivity contribution in [3.05, 3.63) is 33.1 Å². The quantitative estimate of drug-likeness (QED) is 0.776. The number of rotatable bonds is 2. The predicted molar refractivity (Wildman–Crippen MR) is 110 cm³/mol. The van der Waals surface area contributed by atoms with Gasteiger partial charge >= 0.3 is 0 Å². The second-order valence-corrected chi connectivity index (χ2v) is 8.54. The van der Waals surface area contributed by atoms with E-state index in [2.05, 4.69) is 21.8 Å². The molecule has 2 aromatic rings. The molecule has 0 aliphatic carbocycles. The molecule has 0 N–H and O–H groups in total. The summed E-state index contributed by atoms with van der Waals surface area (Å²) in [5.74, 6) is 1.66. The van der Waals surface area contributed by atoms with Crippen LogP contribution in [0.4, 0.5) is 10.8 Å². The number of hydrogen-bond acceptors (Lipinski definition) is 6. The molecule has 28 heavy (non-hydrogen) atoms. The summed E-state index contributed by atoms with van der Waals surface area (Å²) < 4.78 is 0. The van der Waals surface area contributed by atoms with E-state index in [1.54, 1.807) is 23.3 Å². The molecule has 2 aromatic heterocycles. The second kappa shape index (κ2) is 6.84. The lowest BCUT2D eigenvalue weighted by Crippen LogP contribution is -2.37. The highest BCUT2D eigenvalue weighted by Crippen LogP contribution is 2.42. The fourth-order valence-electron chi connectivity index (χ4n) is 4.02. The average molecular weight is 400 g/mol. The normalized spacial score (nSPS) is 17.0. The number of amides is 2. The molecule has 0 unspecified atom stereocenters. The number of likely N-dealkylation sites (N-methyl/N-ethyl adjacent to an activating group) is 2. The van der Waals surface area contributed by atoms with E-state index in [-0.39, 0.29) is 18.4 Å². The molecule has 148 valence electrons. The zero-order valence-corrected chi connectivity index (χ0v) is 17.8. The highest BCUT2D eigenvalue weighted by molar-refractivity contribution is 7.17. The molecule has 0 saturated carbocycles. The van der Waals surface area contributed by atoms with Gasteiger partial charge in [-0.15, -0.1) is 11.3 Å². The Labute approximate surface area is 169 Å². The summed E-state index contributed by atoms with van der Waals surface area (Å²) in [5.41, 5.74) is 3.91. The summed E-state index contributed by atoms with van der Waals surface area (Å²) in [6, 6.07) is 0. The largest absolute Gasteiger partial charge is 0.351 e. The summed E-state index contributed by atoms with van der Waals surface area (Å²) in [6.07, 6.45) is 0.772. The Morgan fingerprint density at radius 1 is 1.11 bits per heavy atom. The van der Waals surface area contributed by atoms with Crippen LogP contribution in [-0.4, -0.2) is 53.4 Å². The molecular formula is C20H25N5O2S. The van der Waals surface area contributed by atoms with Gasteiger partial charge in [-0.05, 0) is 39.7 Å². The molecule has 2 aliphatic rings. The van der Waals surface area contributed by atoms with E-state index in [4.69, 9.17) is 0 Å². The number of fused-ring (bicyclic) bond motifs is 3. The topological polar surface area (TPSA) is 69.6 Å². The molecule has 0 bridgehead atoms. The molecule has 0 aromatic carbocycles. The first kappa shape index (κ1) is 18.9. The zero-order valence-electron chi connectivity index (χ0n) is 17.0.